The first-order valence-electron chi connectivity index (χ1n) is 9.91. The Morgan fingerprint density at radius 1 is 1.21 bits per heavy atom. The molecule has 6 heteroatoms. The summed E-state index contributed by atoms with van der Waals surface area (Å²) in [5, 5.41) is 7.39. The zero-order chi connectivity index (χ0) is 19.1. The van der Waals surface area contributed by atoms with Crippen molar-refractivity contribution in [2.45, 2.75) is 31.8 Å². The maximum absolute atomic E-state index is 13.0. The number of aromatic nitrogens is 2. The number of carbonyl (C=O) groups is 1. The minimum atomic E-state index is -0.0357. The summed E-state index contributed by atoms with van der Waals surface area (Å²) in [7, 11) is 2.12. The quantitative estimate of drug-likeness (QED) is 0.758. The average molecular weight is 376 g/mol. The molecule has 4 heterocycles. The van der Waals surface area contributed by atoms with Crippen LogP contribution in [0.15, 0.2) is 46.9 Å². The van der Waals surface area contributed by atoms with E-state index < -0.39 is 0 Å². The summed E-state index contributed by atoms with van der Waals surface area (Å²) in [6, 6.07) is 14.4. The van der Waals surface area contributed by atoms with Crippen LogP contribution in [-0.4, -0.2) is 46.0 Å². The second-order valence-electron chi connectivity index (χ2n) is 7.75. The minimum absolute atomic E-state index is 0.0357. The monoisotopic (exact) mass is 376 g/mol. The number of aromatic amines is 1. The first-order chi connectivity index (χ1) is 13.7. The standard InChI is InChI=1S/C22H24N4O2/c1-25-10-5-8-19(25)17-13-18(24-23-17)22(27)26-11-9-16-12-20(28-21(16)14-26)15-6-3-2-4-7-15/h2-4,6-7,12-13,19H,5,8-11,14H2,1H3,(H,23,24). The molecule has 1 fully saturated rings. The number of carbonyl (C=O) groups excluding carboxylic acids is 1. The van der Waals surface area contributed by atoms with Gasteiger partial charge >= 0.3 is 0 Å². The Bertz CT molecular complexity index is 991. The second kappa shape index (κ2) is 6.95. The molecule has 2 aliphatic rings. The van der Waals surface area contributed by atoms with E-state index in [0.717, 1.165) is 42.2 Å². The molecule has 28 heavy (non-hydrogen) atoms. The topological polar surface area (TPSA) is 65.4 Å². The van der Waals surface area contributed by atoms with E-state index in [9.17, 15) is 4.79 Å². The molecule has 6 nitrogen and oxygen atoms in total. The van der Waals surface area contributed by atoms with Gasteiger partial charge in [-0.3, -0.25) is 14.8 Å². The van der Waals surface area contributed by atoms with E-state index in [2.05, 4.69) is 28.2 Å². The first kappa shape index (κ1) is 17.3. The SMILES string of the molecule is CN1CCCC1c1cc(C(=O)N2CCc3cc(-c4ccccc4)oc3C2)n[nH]1. The van der Waals surface area contributed by atoms with Crippen LogP contribution in [-0.2, 0) is 13.0 Å². The molecule has 2 aliphatic heterocycles. The van der Waals surface area contributed by atoms with E-state index in [4.69, 9.17) is 4.42 Å². The fourth-order valence-corrected chi connectivity index (χ4v) is 4.32. The molecule has 1 amide bonds. The smallest absolute Gasteiger partial charge is 0.274 e. The summed E-state index contributed by atoms with van der Waals surface area (Å²) in [6.45, 7) is 2.27. The van der Waals surface area contributed by atoms with Crippen LogP contribution >= 0.6 is 0 Å². The van der Waals surface area contributed by atoms with E-state index in [0.29, 0.717) is 24.8 Å². The fraction of sp³-hybridized carbons (Fsp3) is 0.364. The van der Waals surface area contributed by atoms with Crippen LogP contribution in [0.4, 0.5) is 0 Å². The van der Waals surface area contributed by atoms with Crippen LogP contribution in [0.5, 0.6) is 0 Å². The lowest BCUT2D eigenvalue weighted by molar-refractivity contribution is 0.0714. The van der Waals surface area contributed by atoms with Gasteiger partial charge in [0.25, 0.3) is 5.91 Å². The Morgan fingerprint density at radius 3 is 2.86 bits per heavy atom. The molecular formula is C22H24N4O2. The third-order valence-corrected chi connectivity index (χ3v) is 5.92. The maximum atomic E-state index is 13.0. The summed E-state index contributed by atoms with van der Waals surface area (Å²) in [4.78, 5) is 17.1. The van der Waals surface area contributed by atoms with Gasteiger partial charge in [-0.2, -0.15) is 5.10 Å². The molecule has 5 rings (SSSR count). The molecule has 1 N–H and O–H groups in total. The molecule has 144 valence electrons. The maximum Gasteiger partial charge on any atom is 0.274 e. The molecule has 1 saturated heterocycles. The molecule has 1 atom stereocenters. The van der Waals surface area contributed by atoms with Crippen molar-refractivity contribution >= 4 is 5.91 Å². The van der Waals surface area contributed by atoms with Gasteiger partial charge in [0.2, 0.25) is 0 Å². The lowest BCUT2D eigenvalue weighted by atomic mass is 10.1. The molecule has 1 unspecified atom stereocenters. The van der Waals surface area contributed by atoms with Crippen LogP contribution in [0.3, 0.4) is 0 Å². The first-order valence-corrected chi connectivity index (χ1v) is 9.91. The van der Waals surface area contributed by atoms with Crippen molar-refractivity contribution in [2.75, 3.05) is 20.1 Å². The lowest BCUT2D eigenvalue weighted by Crippen LogP contribution is -2.35. The second-order valence-corrected chi connectivity index (χ2v) is 7.75. The average Bonchev–Trinajstić information content (AvgIpc) is 3.46. The summed E-state index contributed by atoms with van der Waals surface area (Å²) in [6.07, 6.45) is 3.09. The highest BCUT2D eigenvalue weighted by Crippen LogP contribution is 2.31. The molecule has 0 aliphatic carbocycles. The van der Waals surface area contributed by atoms with Gasteiger partial charge in [0, 0.05) is 12.1 Å². The largest absolute Gasteiger partial charge is 0.459 e. The van der Waals surface area contributed by atoms with Crippen LogP contribution in [0, 0.1) is 0 Å². The number of nitrogens with zero attached hydrogens (tertiary/aromatic N) is 3. The Hall–Kier alpha value is -2.86. The number of furan rings is 1. The number of benzene rings is 1. The van der Waals surface area contributed by atoms with Crippen LogP contribution in [0.2, 0.25) is 0 Å². The number of hydrogen-bond donors (Lipinski definition) is 1. The summed E-state index contributed by atoms with van der Waals surface area (Å²) in [5.41, 5.74) is 3.78. The lowest BCUT2D eigenvalue weighted by Gasteiger charge is -2.25. The fourth-order valence-electron chi connectivity index (χ4n) is 4.32. The molecule has 1 aromatic carbocycles. The van der Waals surface area contributed by atoms with E-state index >= 15 is 0 Å². The van der Waals surface area contributed by atoms with Crippen molar-refractivity contribution in [1.29, 1.82) is 0 Å². The van der Waals surface area contributed by atoms with Crippen LogP contribution in [0.25, 0.3) is 11.3 Å². The number of fused-ring (bicyclic) bond motifs is 1. The molecule has 0 radical (unpaired) electrons. The van der Waals surface area contributed by atoms with Crippen LogP contribution in [0.1, 0.15) is 46.4 Å². The molecule has 0 bridgehead atoms. The Morgan fingerprint density at radius 2 is 2.07 bits per heavy atom. The molecule has 0 spiro atoms. The van der Waals surface area contributed by atoms with E-state index in [-0.39, 0.29) is 5.91 Å². The minimum Gasteiger partial charge on any atom is -0.459 e. The van der Waals surface area contributed by atoms with Gasteiger partial charge in [0.1, 0.15) is 17.2 Å². The van der Waals surface area contributed by atoms with Crippen molar-refractivity contribution < 1.29 is 9.21 Å². The molecule has 0 saturated carbocycles. The van der Waals surface area contributed by atoms with Gasteiger partial charge in [0.15, 0.2) is 0 Å². The number of H-pyrrole nitrogens is 1. The van der Waals surface area contributed by atoms with Gasteiger partial charge in [-0.15, -0.1) is 0 Å². The molecule has 3 aromatic rings. The number of hydrogen-bond acceptors (Lipinski definition) is 4. The van der Waals surface area contributed by atoms with E-state index in [1.165, 1.54) is 12.0 Å². The number of nitrogens with one attached hydrogen (secondary N) is 1. The molecule has 2 aromatic heterocycles. The highest BCUT2D eigenvalue weighted by molar-refractivity contribution is 5.92. The Balaban J connectivity index is 1.33. The predicted molar refractivity (Wildman–Crippen MR) is 106 cm³/mol. The molecular weight excluding hydrogens is 352 g/mol. The van der Waals surface area contributed by atoms with Gasteiger partial charge in [-0.25, -0.2) is 0 Å². The zero-order valence-electron chi connectivity index (χ0n) is 16.0. The van der Waals surface area contributed by atoms with Crippen LogP contribution < -0.4 is 0 Å². The highest BCUT2D eigenvalue weighted by Gasteiger charge is 2.29. The van der Waals surface area contributed by atoms with E-state index in [1.54, 1.807) is 0 Å². The third-order valence-electron chi connectivity index (χ3n) is 5.92. The number of rotatable bonds is 3. The summed E-state index contributed by atoms with van der Waals surface area (Å²) in [5.74, 6) is 1.71. The zero-order valence-corrected chi connectivity index (χ0v) is 16.0. The van der Waals surface area contributed by atoms with Gasteiger partial charge < -0.3 is 9.32 Å². The normalized spacial score (nSPS) is 19.8. The predicted octanol–water partition coefficient (Wildman–Crippen LogP) is 3.63. The van der Waals surface area contributed by atoms with Crippen molar-refractivity contribution in [3.63, 3.8) is 0 Å². The highest BCUT2D eigenvalue weighted by atomic mass is 16.3. The number of amides is 1. The van der Waals surface area contributed by atoms with Crippen molar-refractivity contribution in [1.82, 2.24) is 20.0 Å². The van der Waals surface area contributed by atoms with Crippen molar-refractivity contribution in [2.24, 2.45) is 0 Å². The summed E-state index contributed by atoms with van der Waals surface area (Å²) < 4.78 is 6.08. The van der Waals surface area contributed by atoms with E-state index in [1.807, 2.05) is 41.3 Å². The third kappa shape index (κ3) is 3.03. The van der Waals surface area contributed by atoms with Crippen molar-refractivity contribution in [3.05, 3.63) is 65.2 Å². The van der Waals surface area contributed by atoms with Crippen molar-refractivity contribution in [3.8, 4) is 11.3 Å². The Labute approximate surface area is 164 Å². The Kier molecular flexibility index (Phi) is 4.28. The number of likely N-dealkylation sites (tertiary alicyclic amines) is 1. The summed E-state index contributed by atoms with van der Waals surface area (Å²) >= 11 is 0. The van der Waals surface area contributed by atoms with Gasteiger partial charge in [-0.1, -0.05) is 30.3 Å². The van der Waals surface area contributed by atoms with Gasteiger partial charge in [0.05, 0.1) is 18.3 Å². The van der Waals surface area contributed by atoms with Gasteiger partial charge in [-0.05, 0) is 50.6 Å².